The summed E-state index contributed by atoms with van der Waals surface area (Å²) in [6, 6.07) is 7.92. The smallest absolute Gasteiger partial charge is 0.408 e. The zero-order valence-corrected chi connectivity index (χ0v) is 25.7. The SMILES string of the molecule is CCCCCCCCN(C(=O)C(NC(=O)OC(C)(C)C)C(C)CC)C(C(=O)NCCCCC)c1ccccc1. The van der Waals surface area contributed by atoms with Crippen LogP contribution in [0.5, 0.6) is 0 Å². The number of benzene rings is 1. The van der Waals surface area contributed by atoms with Gasteiger partial charge in [0.05, 0.1) is 0 Å². The van der Waals surface area contributed by atoms with Gasteiger partial charge in [0.25, 0.3) is 0 Å². The van der Waals surface area contributed by atoms with Gasteiger partial charge in [0.1, 0.15) is 17.7 Å². The van der Waals surface area contributed by atoms with Crippen LogP contribution in [0.4, 0.5) is 4.79 Å². The van der Waals surface area contributed by atoms with E-state index in [9.17, 15) is 14.4 Å². The Labute approximate surface area is 237 Å². The molecule has 2 N–H and O–H groups in total. The molecule has 7 heteroatoms. The average molecular weight is 546 g/mol. The predicted octanol–water partition coefficient (Wildman–Crippen LogP) is 7.16. The van der Waals surface area contributed by atoms with Crippen LogP contribution in [0.3, 0.4) is 0 Å². The van der Waals surface area contributed by atoms with E-state index < -0.39 is 23.8 Å². The molecular weight excluding hydrogens is 490 g/mol. The molecule has 7 nitrogen and oxygen atoms in total. The minimum atomic E-state index is -0.802. The molecule has 0 aliphatic rings. The van der Waals surface area contributed by atoms with Crippen LogP contribution in [0.2, 0.25) is 0 Å². The van der Waals surface area contributed by atoms with Gasteiger partial charge < -0.3 is 20.3 Å². The van der Waals surface area contributed by atoms with Crippen LogP contribution in [-0.4, -0.2) is 47.5 Å². The molecule has 0 spiro atoms. The van der Waals surface area contributed by atoms with Gasteiger partial charge in [-0.1, -0.05) is 109 Å². The van der Waals surface area contributed by atoms with Crippen LogP contribution in [0.25, 0.3) is 0 Å². The Balaban J connectivity index is 3.35. The Hall–Kier alpha value is -2.57. The summed E-state index contributed by atoms with van der Waals surface area (Å²) in [5.74, 6) is -0.570. The second kappa shape index (κ2) is 18.7. The third-order valence-corrected chi connectivity index (χ3v) is 6.94. The predicted molar refractivity (Wildman–Crippen MR) is 159 cm³/mol. The number of hydrogen-bond acceptors (Lipinski definition) is 4. The highest BCUT2D eigenvalue weighted by Crippen LogP contribution is 2.25. The highest BCUT2D eigenvalue weighted by atomic mass is 16.6. The van der Waals surface area contributed by atoms with Crippen LogP contribution < -0.4 is 10.6 Å². The van der Waals surface area contributed by atoms with E-state index in [4.69, 9.17) is 4.74 Å². The Morgan fingerprint density at radius 2 is 1.46 bits per heavy atom. The van der Waals surface area contributed by atoms with Crippen LogP contribution >= 0.6 is 0 Å². The molecule has 0 saturated carbocycles. The first-order chi connectivity index (χ1) is 18.6. The molecule has 222 valence electrons. The largest absolute Gasteiger partial charge is 0.444 e. The van der Waals surface area contributed by atoms with E-state index in [0.717, 1.165) is 44.1 Å². The minimum absolute atomic E-state index is 0.138. The number of alkyl carbamates (subject to hydrolysis) is 1. The van der Waals surface area contributed by atoms with Crippen molar-refractivity contribution in [1.82, 2.24) is 15.5 Å². The maximum atomic E-state index is 14.3. The fraction of sp³-hybridized carbons (Fsp3) is 0.719. The lowest BCUT2D eigenvalue weighted by Crippen LogP contribution is -2.55. The van der Waals surface area contributed by atoms with E-state index in [1.807, 2.05) is 44.2 Å². The molecule has 0 fully saturated rings. The van der Waals surface area contributed by atoms with Gasteiger partial charge in [-0.15, -0.1) is 0 Å². The van der Waals surface area contributed by atoms with E-state index in [-0.39, 0.29) is 17.7 Å². The van der Waals surface area contributed by atoms with Crippen molar-refractivity contribution in [3.63, 3.8) is 0 Å². The van der Waals surface area contributed by atoms with Crippen molar-refractivity contribution in [2.45, 2.75) is 130 Å². The number of unbranched alkanes of at least 4 members (excludes halogenated alkanes) is 7. The molecule has 3 atom stereocenters. The van der Waals surface area contributed by atoms with Crippen molar-refractivity contribution in [3.05, 3.63) is 35.9 Å². The highest BCUT2D eigenvalue weighted by molar-refractivity contribution is 5.92. The van der Waals surface area contributed by atoms with Crippen LogP contribution in [0.1, 0.15) is 124 Å². The van der Waals surface area contributed by atoms with Gasteiger partial charge in [-0.2, -0.15) is 0 Å². The number of carbonyl (C=O) groups is 3. The second-order valence-corrected chi connectivity index (χ2v) is 11.6. The molecule has 0 saturated heterocycles. The molecule has 1 aromatic carbocycles. The second-order valence-electron chi connectivity index (χ2n) is 11.6. The van der Waals surface area contributed by atoms with Gasteiger partial charge in [0, 0.05) is 13.1 Å². The number of ether oxygens (including phenoxy) is 1. The molecule has 39 heavy (non-hydrogen) atoms. The topological polar surface area (TPSA) is 87.7 Å². The number of nitrogens with one attached hydrogen (secondary N) is 2. The third-order valence-electron chi connectivity index (χ3n) is 6.94. The van der Waals surface area contributed by atoms with Crippen molar-refractivity contribution in [3.8, 4) is 0 Å². The van der Waals surface area contributed by atoms with Gasteiger partial charge in [0.15, 0.2) is 0 Å². The minimum Gasteiger partial charge on any atom is -0.444 e. The van der Waals surface area contributed by atoms with Crippen molar-refractivity contribution in [2.24, 2.45) is 5.92 Å². The molecule has 0 radical (unpaired) electrons. The summed E-state index contributed by atoms with van der Waals surface area (Å²) in [6.07, 6.45) is 9.47. The zero-order chi connectivity index (χ0) is 29.3. The summed E-state index contributed by atoms with van der Waals surface area (Å²) in [4.78, 5) is 42.4. The van der Waals surface area contributed by atoms with Crippen molar-refractivity contribution in [1.29, 1.82) is 0 Å². The number of rotatable bonds is 18. The fourth-order valence-electron chi connectivity index (χ4n) is 4.52. The monoisotopic (exact) mass is 545 g/mol. The normalized spacial score (nSPS) is 13.7. The lowest BCUT2D eigenvalue weighted by Gasteiger charge is -2.36. The fourth-order valence-corrected chi connectivity index (χ4v) is 4.52. The van der Waals surface area contributed by atoms with Crippen molar-refractivity contribution < 1.29 is 19.1 Å². The standard InChI is InChI=1S/C32H55N3O4/c1-8-11-13-14-15-20-24-35(30(37)27(25(4)10-3)34-31(38)39-32(5,6)7)28(26-21-17-16-18-22-26)29(36)33-23-19-12-9-2/h16-18,21-22,25,27-28H,8-15,19-20,23-24H2,1-7H3,(H,33,36)(H,34,38). The summed E-state index contributed by atoms with van der Waals surface area (Å²) < 4.78 is 5.50. The maximum Gasteiger partial charge on any atom is 0.408 e. The lowest BCUT2D eigenvalue weighted by atomic mass is 9.95. The first-order valence-corrected chi connectivity index (χ1v) is 15.2. The van der Waals surface area contributed by atoms with Crippen LogP contribution in [-0.2, 0) is 14.3 Å². The van der Waals surface area contributed by atoms with Crippen molar-refractivity contribution in [2.75, 3.05) is 13.1 Å². The van der Waals surface area contributed by atoms with E-state index in [2.05, 4.69) is 24.5 Å². The molecule has 1 rings (SSSR count). The molecular formula is C32H55N3O4. The van der Waals surface area contributed by atoms with Gasteiger partial charge >= 0.3 is 6.09 Å². The number of nitrogens with zero attached hydrogens (tertiary/aromatic N) is 1. The molecule has 0 heterocycles. The van der Waals surface area contributed by atoms with Gasteiger partial charge in [-0.05, 0) is 45.1 Å². The summed E-state index contributed by atoms with van der Waals surface area (Å²) in [5, 5.41) is 5.92. The van der Waals surface area contributed by atoms with E-state index >= 15 is 0 Å². The summed E-state index contributed by atoms with van der Waals surface area (Å²) in [6.45, 7) is 14.7. The van der Waals surface area contributed by atoms with Crippen LogP contribution in [0, 0.1) is 5.92 Å². The highest BCUT2D eigenvalue weighted by Gasteiger charge is 2.37. The Bertz CT molecular complexity index is 838. The first kappa shape index (κ1) is 34.5. The van der Waals surface area contributed by atoms with Gasteiger partial charge in [0.2, 0.25) is 11.8 Å². The molecule has 3 amide bonds. The molecule has 3 unspecified atom stereocenters. The first-order valence-electron chi connectivity index (χ1n) is 15.2. The number of amides is 3. The summed E-state index contributed by atoms with van der Waals surface area (Å²) >= 11 is 0. The van der Waals surface area contributed by atoms with Gasteiger partial charge in [-0.25, -0.2) is 4.79 Å². The molecule has 1 aromatic rings. The summed E-state index contributed by atoms with van der Waals surface area (Å²) in [5.41, 5.74) is 0.0842. The zero-order valence-electron chi connectivity index (χ0n) is 25.7. The average Bonchev–Trinajstić information content (AvgIpc) is 2.89. The Morgan fingerprint density at radius 3 is 2.05 bits per heavy atom. The van der Waals surface area contributed by atoms with E-state index in [1.54, 1.807) is 25.7 Å². The van der Waals surface area contributed by atoms with Crippen molar-refractivity contribution >= 4 is 17.9 Å². The Morgan fingerprint density at radius 1 is 0.872 bits per heavy atom. The lowest BCUT2D eigenvalue weighted by molar-refractivity contribution is -0.143. The maximum absolute atomic E-state index is 14.3. The van der Waals surface area contributed by atoms with E-state index in [1.165, 1.54) is 19.3 Å². The molecule has 0 aromatic heterocycles. The quantitative estimate of drug-likeness (QED) is 0.192. The van der Waals surface area contributed by atoms with Crippen LogP contribution in [0.15, 0.2) is 30.3 Å². The molecule has 0 aliphatic carbocycles. The number of carbonyl (C=O) groups excluding carboxylic acids is 3. The molecule has 0 bridgehead atoms. The summed E-state index contributed by atoms with van der Waals surface area (Å²) in [7, 11) is 0. The Kier molecular flexibility index (Phi) is 16.5. The van der Waals surface area contributed by atoms with E-state index in [0.29, 0.717) is 19.5 Å². The third kappa shape index (κ3) is 13.4. The van der Waals surface area contributed by atoms with Gasteiger partial charge in [-0.3, -0.25) is 9.59 Å². The number of hydrogen-bond donors (Lipinski definition) is 2. The molecule has 0 aliphatic heterocycles.